The van der Waals surface area contributed by atoms with Gasteiger partial charge in [0.15, 0.2) is 0 Å². The Bertz CT molecular complexity index is 696. The molecule has 0 heterocycles. The molecule has 1 amide bonds. The molecule has 0 aliphatic heterocycles. The van der Waals surface area contributed by atoms with Crippen molar-refractivity contribution in [2.75, 3.05) is 19.5 Å². The van der Waals surface area contributed by atoms with E-state index >= 15 is 0 Å². The van der Waals surface area contributed by atoms with Crippen LogP contribution >= 0.6 is 15.9 Å². The molecular formula is C19H22BrNO3. The fourth-order valence-corrected chi connectivity index (χ4v) is 3.25. The largest absolute Gasteiger partial charge is 0.496 e. The highest BCUT2D eigenvalue weighted by molar-refractivity contribution is 9.10. The van der Waals surface area contributed by atoms with E-state index in [4.69, 9.17) is 9.47 Å². The lowest BCUT2D eigenvalue weighted by atomic mass is 10.0. The minimum Gasteiger partial charge on any atom is -0.496 e. The van der Waals surface area contributed by atoms with E-state index in [0.29, 0.717) is 17.1 Å². The van der Waals surface area contributed by atoms with Crippen molar-refractivity contribution in [3.63, 3.8) is 0 Å². The predicted octanol–water partition coefficient (Wildman–Crippen LogP) is 4.84. The molecule has 2 rings (SSSR count). The zero-order valence-electron chi connectivity index (χ0n) is 14.4. The minimum absolute atomic E-state index is 0.240. The molecule has 0 radical (unpaired) electrons. The van der Waals surface area contributed by atoms with Gasteiger partial charge in [-0.25, -0.2) is 0 Å². The normalized spacial score (nSPS) is 10.4. The van der Waals surface area contributed by atoms with Gasteiger partial charge in [-0.05, 0) is 48.2 Å². The third-order valence-corrected chi connectivity index (χ3v) is 4.38. The number of amides is 1. The minimum atomic E-state index is -0.240. The molecule has 0 spiro atoms. The lowest BCUT2D eigenvalue weighted by Crippen LogP contribution is -2.17. The fourth-order valence-electron chi connectivity index (χ4n) is 2.69. The molecule has 128 valence electrons. The van der Waals surface area contributed by atoms with E-state index in [2.05, 4.69) is 35.1 Å². The SMILES string of the molecule is CCc1cc(Br)cc(CC)c1NC(=O)c1c(OC)cccc1OC. The smallest absolute Gasteiger partial charge is 0.263 e. The quantitative estimate of drug-likeness (QED) is 0.765. The van der Waals surface area contributed by atoms with Gasteiger partial charge in [0.2, 0.25) is 0 Å². The number of ether oxygens (including phenoxy) is 2. The molecule has 4 nitrogen and oxygen atoms in total. The number of anilines is 1. The number of methoxy groups -OCH3 is 2. The van der Waals surface area contributed by atoms with Crippen molar-refractivity contribution in [1.29, 1.82) is 0 Å². The van der Waals surface area contributed by atoms with Gasteiger partial charge in [-0.3, -0.25) is 4.79 Å². The summed E-state index contributed by atoms with van der Waals surface area (Å²) >= 11 is 3.53. The molecule has 1 N–H and O–H groups in total. The first-order chi connectivity index (χ1) is 11.5. The van der Waals surface area contributed by atoms with Crippen LogP contribution in [0.5, 0.6) is 11.5 Å². The van der Waals surface area contributed by atoms with Crippen LogP contribution < -0.4 is 14.8 Å². The number of carbonyl (C=O) groups is 1. The van der Waals surface area contributed by atoms with Crippen molar-refractivity contribution in [3.8, 4) is 11.5 Å². The van der Waals surface area contributed by atoms with Gasteiger partial charge in [-0.2, -0.15) is 0 Å². The van der Waals surface area contributed by atoms with Crippen LogP contribution in [0, 0.1) is 0 Å². The summed E-state index contributed by atoms with van der Waals surface area (Å²) in [6.07, 6.45) is 1.65. The average Bonchev–Trinajstić information content (AvgIpc) is 2.61. The van der Waals surface area contributed by atoms with Crippen molar-refractivity contribution in [2.24, 2.45) is 0 Å². The Labute approximate surface area is 151 Å². The first-order valence-electron chi connectivity index (χ1n) is 7.89. The Morgan fingerprint density at radius 3 is 1.96 bits per heavy atom. The highest BCUT2D eigenvalue weighted by Crippen LogP contribution is 2.32. The lowest BCUT2D eigenvalue weighted by Gasteiger charge is -2.17. The number of aryl methyl sites for hydroxylation is 2. The van der Waals surface area contributed by atoms with E-state index in [-0.39, 0.29) is 5.91 Å². The third-order valence-electron chi connectivity index (χ3n) is 3.92. The van der Waals surface area contributed by atoms with Gasteiger partial charge in [0.25, 0.3) is 5.91 Å². The van der Waals surface area contributed by atoms with E-state index in [9.17, 15) is 4.79 Å². The number of carbonyl (C=O) groups excluding carboxylic acids is 1. The Morgan fingerprint density at radius 2 is 1.54 bits per heavy atom. The maximum atomic E-state index is 12.9. The molecule has 24 heavy (non-hydrogen) atoms. The predicted molar refractivity (Wildman–Crippen MR) is 100 cm³/mol. The number of halogens is 1. The van der Waals surface area contributed by atoms with E-state index in [1.165, 1.54) is 0 Å². The second-order valence-electron chi connectivity index (χ2n) is 5.30. The van der Waals surface area contributed by atoms with Crippen molar-refractivity contribution in [1.82, 2.24) is 0 Å². The van der Waals surface area contributed by atoms with E-state index in [1.54, 1.807) is 32.4 Å². The Morgan fingerprint density at radius 1 is 1.04 bits per heavy atom. The van der Waals surface area contributed by atoms with Gasteiger partial charge in [0.1, 0.15) is 17.1 Å². The van der Waals surface area contributed by atoms with Crippen LogP contribution in [0.3, 0.4) is 0 Å². The van der Waals surface area contributed by atoms with Gasteiger partial charge in [0.05, 0.1) is 14.2 Å². The molecule has 0 atom stereocenters. The van der Waals surface area contributed by atoms with Crippen LogP contribution in [-0.2, 0) is 12.8 Å². The first-order valence-corrected chi connectivity index (χ1v) is 8.68. The van der Waals surface area contributed by atoms with Crippen LogP contribution in [0.1, 0.15) is 35.3 Å². The molecule has 0 aromatic heterocycles. The molecule has 0 bridgehead atoms. The third kappa shape index (κ3) is 3.73. The summed E-state index contributed by atoms with van der Waals surface area (Å²) < 4.78 is 11.7. The van der Waals surface area contributed by atoms with E-state index in [0.717, 1.165) is 34.1 Å². The van der Waals surface area contributed by atoms with Gasteiger partial charge in [-0.15, -0.1) is 0 Å². The second kappa shape index (κ2) is 8.20. The number of benzene rings is 2. The molecular weight excluding hydrogens is 370 g/mol. The maximum Gasteiger partial charge on any atom is 0.263 e. The maximum absolute atomic E-state index is 12.9. The summed E-state index contributed by atoms with van der Waals surface area (Å²) in [5.41, 5.74) is 3.43. The zero-order chi connectivity index (χ0) is 17.7. The van der Waals surface area contributed by atoms with Crippen molar-refractivity contribution in [2.45, 2.75) is 26.7 Å². The zero-order valence-corrected chi connectivity index (χ0v) is 16.0. The van der Waals surface area contributed by atoms with Crippen LogP contribution in [0.15, 0.2) is 34.8 Å². The molecule has 2 aromatic rings. The monoisotopic (exact) mass is 391 g/mol. The Balaban J connectivity index is 2.48. The average molecular weight is 392 g/mol. The summed E-state index contributed by atoms with van der Waals surface area (Å²) in [6, 6.07) is 9.37. The van der Waals surface area contributed by atoms with Crippen LogP contribution in [-0.4, -0.2) is 20.1 Å². The molecule has 0 saturated heterocycles. The Kier molecular flexibility index (Phi) is 6.26. The van der Waals surface area contributed by atoms with Gasteiger partial charge in [-0.1, -0.05) is 35.8 Å². The number of hydrogen-bond donors (Lipinski definition) is 1. The first kappa shape index (κ1) is 18.3. The highest BCUT2D eigenvalue weighted by atomic mass is 79.9. The summed E-state index contributed by atoms with van der Waals surface area (Å²) in [5.74, 6) is 0.733. The molecule has 0 saturated carbocycles. The van der Waals surface area contributed by atoms with Gasteiger partial charge < -0.3 is 14.8 Å². The van der Waals surface area contributed by atoms with E-state index < -0.39 is 0 Å². The standard InChI is InChI=1S/C19H22BrNO3/c1-5-12-10-14(20)11-13(6-2)18(12)21-19(22)17-15(23-3)8-7-9-16(17)24-4/h7-11H,5-6H2,1-4H3,(H,21,22). The summed E-state index contributed by atoms with van der Waals surface area (Å²) in [4.78, 5) is 12.9. The molecule has 0 aliphatic rings. The number of rotatable bonds is 6. The van der Waals surface area contributed by atoms with Crippen LogP contribution in [0.25, 0.3) is 0 Å². The summed E-state index contributed by atoms with van der Waals surface area (Å²) in [7, 11) is 3.08. The molecule has 0 aliphatic carbocycles. The Hall–Kier alpha value is -2.01. The molecule has 5 heteroatoms. The fraction of sp³-hybridized carbons (Fsp3) is 0.316. The second-order valence-corrected chi connectivity index (χ2v) is 6.21. The summed E-state index contributed by atoms with van der Waals surface area (Å²) in [6.45, 7) is 4.14. The van der Waals surface area contributed by atoms with Gasteiger partial charge >= 0.3 is 0 Å². The highest BCUT2D eigenvalue weighted by Gasteiger charge is 2.20. The lowest BCUT2D eigenvalue weighted by molar-refractivity contribution is 0.102. The van der Waals surface area contributed by atoms with Crippen LogP contribution in [0.4, 0.5) is 5.69 Å². The van der Waals surface area contributed by atoms with Crippen molar-refractivity contribution >= 4 is 27.5 Å². The molecule has 2 aromatic carbocycles. The van der Waals surface area contributed by atoms with Crippen LogP contribution in [0.2, 0.25) is 0 Å². The molecule has 0 fully saturated rings. The molecule has 0 unspecified atom stereocenters. The summed E-state index contributed by atoms with van der Waals surface area (Å²) in [5, 5.41) is 3.05. The van der Waals surface area contributed by atoms with Crippen molar-refractivity contribution < 1.29 is 14.3 Å². The van der Waals surface area contributed by atoms with E-state index in [1.807, 2.05) is 12.1 Å². The van der Waals surface area contributed by atoms with Crippen molar-refractivity contribution in [3.05, 3.63) is 51.5 Å². The topological polar surface area (TPSA) is 47.6 Å². The number of nitrogens with one attached hydrogen (secondary N) is 1. The van der Waals surface area contributed by atoms with Gasteiger partial charge in [0, 0.05) is 10.2 Å². The number of hydrogen-bond acceptors (Lipinski definition) is 3.